The number of fused-ring (bicyclic) bond motifs is 1. The standard InChI is InChI=1S/C17H20N2/c18-17-10-11-19-12-15(17)9-8-14-6-3-5-13-4-1-2-7-16(13)14/h1-2,4,7,10-12,14H,3,5-6,8-9H2,(H2,18,19). The summed E-state index contributed by atoms with van der Waals surface area (Å²) in [6.07, 6.45) is 9.72. The van der Waals surface area contributed by atoms with Crippen molar-refractivity contribution >= 4 is 5.69 Å². The molecule has 0 fully saturated rings. The Hall–Kier alpha value is -1.83. The number of aromatic nitrogens is 1. The van der Waals surface area contributed by atoms with Gasteiger partial charge in [-0.05, 0) is 60.8 Å². The molecule has 0 spiro atoms. The Labute approximate surface area is 114 Å². The molecule has 19 heavy (non-hydrogen) atoms. The lowest BCUT2D eigenvalue weighted by Gasteiger charge is -2.25. The van der Waals surface area contributed by atoms with Gasteiger partial charge in [-0.15, -0.1) is 0 Å². The summed E-state index contributed by atoms with van der Waals surface area (Å²) in [7, 11) is 0. The third-order valence-corrected chi connectivity index (χ3v) is 4.20. The van der Waals surface area contributed by atoms with E-state index < -0.39 is 0 Å². The minimum absolute atomic E-state index is 0.685. The van der Waals surface area contributed by atoms with Gasteiger partial charge in [-0.2, -0.15) is 0 Å². The van der Waals surface area contributed by atoms with Crippen LogP contribution in [-0.4, -0.2) is 4.98 Å². The van der Waals surface area contributed by atoms with Crippen LogP contribution in [0.5, 0.6) is 0 Å². The average molecular weight is 252 g/mol. The van der Waals surface area contributed by atoms with E-state index in [1.165, 1.54) is 36.8 Å². The molecule has 0 saturated carbocycles. The number of benzene rings is 1. The van der Waals surface area contributed by atoms with Gasteiger partial charge in [-0.1, -0.05) is 24.3 Å². The van der Waals surface area contributed by atoms with Gasteiger partial charge in [0.15, 0.2) is 0 Å². The Balaban J connectivity index is 1.73. The van der Waals surface area contributed by atoms with E-state index in [4.69, 9.17) is 5.73 Å². The number of nitrogen functional groups attached to an aromatic ring is 1. The van der Waals surface area contributed by atoms with Gasteiger partial charge < -0.3 is 5.73 Å². The largest absolute Gasteiger partial charge is 0.398 e. The molecule has 98 valence electrons. The zero-order chi connectivity index (χ0) is 13.1. The first kappa shape index (κ1) is 12.2. The Kier molecular flexibility index (Phi) is 3.49. The maximum absolute atomic E-state index is 5.99. The summed E-state index contributed by atoms with van der Waals surface area (Å²) < 4.78 is 0. The lowest BCUT2D eigenvalue weighted by atomic mass is 9.80. The Bertz CT molecular complexity index is 563. The zero-order valence-electron chi connectivity index (χ0n) is 11.2. The first-order valence-corrected chi connectivity index (χ1v) is 7.11. The van der Waals surface area contributed by atoms with E-state index in [-0.39, 0.29) is 0 Å². The fraction of sp³-hybridized carbons (Fsp3) is 0.353. The molecule has 2 nitrogen and oxygen atoms in total. The van der Waals surface area contributed by atoms with Crippen molar-refractivity contribution in [3.63, 3.8) is 0 Å². The molecule has 1 aliphatic rings. The van der Waals surface area contributed by atoms with Gasteiger partial charge in [-0.25, -0.2) is 0 Å². The topological polar surface area (TPSA) is 38.9 Å². The molecule has 0 radical (unpaired) electrons. The van der Waals surface area contributed by atoms with Crippen LogP contribution in [0.3, 0.4) is 0 Å². The van der Waals surface area contributed by atoms with Gasteiger partial charge in [0, 0.05) is 18.1 Å². The molecule has 1 aromatic heterocycles. The van der Waals surface area contributed by atoms with E-state index >= 15 is 0 Å². The van der Waals surface area contributed by atoms with Crippen LogP contribution in [0.15, 0.2) is 42.7 Å². The number of rotatable bonds is 3. The van der Waals surface area contributed by atoms with Crippen molar-refractivity contribution < 1.29 is 0 Å². The Morgan fingerprint density at radius 2 is 2.11 bits per heavy atom. The molecule has 1 unspecified atom stereocenters. The summed E-state index contributed by atoms with van der Waals surface area (Å²) in [6, 6.07) is 10.8. The molecule has 0 aliphatic heterocycles. The molecular weight excluding hydrogens is 232 g/mol. The third kappa shape index (κ3) is 2.62. The molecule has 1 atom stereocenters. The van der Waals surface area contributed by atoms with Crippen LogP contribution in [0.25, 0.3) is 0 Å². The van der Waals surface area contributed by atoms with Gasteiger partial charge in [0.05, 0.1) is 0 Å². The molecular formula is C17H20N2. The van der Waals surface area contributed by atoms with Crippen molar-refractivity contribution in [3.05, 3.63) is 59.4 Å². The van der Waals surface area contributed by atoms with E-state index in [2.05, 4.69) is 29.2 Å². The molecule has 0 bridgehead atoms. The SMILES string of the molecule is Nc1ccncc1CCC1CCCc2ccccc21. The molecule has 1 heterocycles. The third-order valence-electron chi connectivity index (χ3n) is 4.20. The maximum atomic E-state index is 5.99. The lowest BCUT2D eigenvalue weighted by Crippen LogP contribution is -2.11. The molecule has 2 aromatic rings. The molecule has 1 aromatic carbocycles. The normalized spacial score (nSPS) is 18.0. The highest BCUT2D eigenvalue weighted by Gasteiger charge is 2.19. The van der Waals surface area contributed by atoms with Crippen LogP contribution < -0.4 is 5.73 Å². The van der Waals surface area contributed by atoms with Crippen molar-refractivity contribution in [1.29, 1.82) is 0 Å². The van der Waals surface area contributed by atoms with Crippen LogP contribution in [-0.2, 0) is 12.8 Å². The van der Waals surface area contributed by atoms with Gasteiger partial charge in [0.1, 0.15) is 0 Å². The summed E-state index contributed by atoms with van der Waals surface area (Å²) in [5, 5.41) is 0. The molecule has 1 aliphatic carbocycles. The second-order valence-corrected chi connectivity index (χ2v) is 5.40. The second kappa shape index (κ2) is 5.43. The number of hydrogen-bond acceptors (Lipinski definition) is 2. The van der Waals surface area contributed by atoms with Crippen LogP contribution >= 0.6 is 0 Å². The predicted molar refractivity (Wildman–Crippen MR) is 79.1 cm³/mol. The van der Waals surface area contributed by atoms with Crippen LogP contribution in [0.4, 0.5) is 5.69 Å². The fourth-order valence-corrected chi connectivity index (χ4v) is 3.13. The smallest absolute Gasteiger partial charge is 0.0377 e. The van der Waals surface area contributed by atoms with Gasteiger partial charge in [-0.3, -0.25) is 4.98 Å². The number of aryl methyl sites for hydroxylation is 2. The quantitative estimate of drug-likeness (QED) is 0.904. The zero-order valence-corrected chi connectivity index (χ0v) is 11.2. The summed E-state index contributed by atoms with van der Waals surface area (Å²) in [5.41, 5.74) is 11.1. The lowest BCUT2D eigenvalue weighted by molar-refractivity contribution is 0.520. The van der Waals surface area contributed by atoms with Crippen molar-refractivity contribution in [3.8, 4) is 0 Å². The number of pyridine rings is 1. The number of hydrogen-bond donors (Lipinski definition) is 1. The van der Waals surface area contributed by atoms with Crippen molar-refractivity contribution in [1.82, 2.24) is 4.98 Å². The molecule has 0 saturated heterocycles. The minimum atomic E-state index is 0.685. The molecule has 2 heteroatoms. The molecule has 3 rings (SSSR count). The maximum Gasteiger partial charge on any atom is 0.0377 e. The summed E-state index contributed by atoms with van der Waals surface area (Å²) in [6.45, 7) is 0. The fourth-order valence-electron chi connectivity index (χ4n) is 3.13. The first-order chi connectivity index (χ1) is 9.34. The summed E-state index contributed by atoms with van der Waals surface area (Å²) >= 11 is 0. The van der Waals surface area contributed by atoms with Crippen molar-refractivity contribution in [2.75, 3.05) is 5.73 Å². The van der Waals surface area contributed by atoms with E-state index in [1.54, 1.807) is 11.8 Å². The van der Waals surface area contributed by atoms with Crippen LogP contribution in [0.2, 0.25) is 0 Å². The number of anilines is 1. The van der Waals surface area contributed by atoms with E-state index in [0.717, 1.165) is 12.1 Å². The van der Waals surface area contributed by atoms with Gasteiger partial charge >= 0.3 is 0 Å². The van der Waals surface area contributed by atoms with Crippen LogP contribution in [0, 0.1) is 0 Å². The predicted octanol–water partition coefficient (Wildman–Crippen LogP) is 3.72. The van der Waals surface area contributed by atoms with Crippen molar-refractivity contribution in [2.24, 2.45) is 0 Å². The van der Waals surface area contributed by atoms with Crippen LogP contribution in [0.1, 0.15) is 41.9 Å². The van der Waals surface area contributed by atoms with Gasteiger partial charge in [0.25, 0.3) is 0 Å². The Morgan fingerprint density at radius 3 is 3.00 bits per heavy atom. The Morgan fingerprint density at radius 1 is 1.21 bits per heavy atom. The van der Waals surface area contributed by atoms with E-state index in [1.807, 2.05) is 12.3 Å². The molecule has 2 N–H and O–H groups in total. The number of nitrogens with zero attached hydrogens (tertiary/aromatic N) is 1. The summed E-state index contributed by atoms with van der Waals surface area (Å²) in [4.78, 5) is 4.17. The first-order valence-electron chi connectivity index (χ1n) is 7.11. The van der Waals surface area contributed by atoms with E-state index in [9.17, 15) is 0 Å². The summed E-state index contributed by atoms with van der Waals surface area (Å²) in [5.74, 6) is 0.685. The monoisotopic (exact) mass is 252 g/mol. The average Bonchev–Trinajstić information content (AvgIpc) is 2.46. The highest BCUT2D eigenvalue weighted by molar-refractivity contribution is 5.44. The van der Waals surface area contributed by atoms with Crippen molar-refractivity contribution in [2.45, 2.75) is 38.0 Å². The highest BCUT2D eigenvalue weighted by Crippen LogP contribution is 2.34. The number of nitrogens with two attached hydrogens (primary N) is 1. The minimum Gasteiger partial charge on any atom is -0.398 e. The second-order valence-electron chi connectivity index (χ2n) is 5.40. The molecule has 0 amide bonds. The highest BCUT2D eigenvalue weighted by atomic mass is 14.7. The van der Waals surface area contributed by atoms with Gasteiger partial charge in [0.2, 0.25) is 0 Å². The van der Waals surface area contributed by atoms with E-state index in [0.29, 0.717) is 5.92 Å².